The van der Waals surface area contributed by atoms with Crippen molar-refractivity contribution in [3.8, 4) is 0 Å². The Bertz CT molecular complexity index is 868. The van der Waals surface area contributed by atoms with Crippen LogP contribution in [0.4, 0.5) is 8.78 Å². The van der Waals surface area contributed by atoms with Crippen LogP contribution in [0.25, 0.3) is 0 Å². The maximum atomic E-state index is 17.3. The Morgan fingerprint density at radius 2 is 1.85 bits per heavy atom. The fourth-order valence-corrected chi connectivity index (χ4v) is 8.77. The first kappa shape index (κ1) is 25.0. The molecule has 0 spiro atoms. The zero-order valence-corrected chi connectivity index (χ0v) is 20.6. The SMILES string of the molecule is CCC(=O)O[C@]1(C(=O)CCl)[C@@H](C)C[C@H]2[C@@H]3C[C@H](F)[C@@H]4CC(=O)CC[C@]4(C)[C@@]3(F)[C@@H](O)C[C@@]21C. The molecule has 0 radical (unpaired) electrons. The second-order valence-electron chi connectivity index (χ2n) is 11.4. The lowest BCUT2D eigenvalue weighted by Crippen LogP contribution is -2.73. The number of carbonyl (C=O) groups is 3. The van der Waals surface area contributed by atoms with Gasteiger partial charge in [-0.15, -0.1) is 11.6 Å². The lowest BCUT2D eigenvalue weighted by Gasteiger charge is -2.65. The van der Waals surface area contributed by atoms with Crippen LogP contribution in [-0.4, -0.2) is 52.1 Å². The fraction of sp³-hybridized carbons (Fsp3) is 0.880. The summed E-state index contributed by atoms with van der Waals surface area (Å²) in [5.74, 6) is -4.02. The van der Waals surface area contributed by atoms with Gasteiger partial charge in [-0.25, -0.2) is 8.78 Å². The van der Waals surface area contributed by atoms with Crippen LogP contribution in [-0.2, 0) is 19.1 Å². The van der Waals surface area contributed by atoms with Crippen LogP contribution in [0.15, 0.2) is 0 Å². The first-order valence-electron chi connectivity index (χ1n) is 12.2. The summed E-state index contributed by atoms with van der Waals surface area (Å²) in [7, 11) is 0. The third-order valence-corrected chi connectivity index (χ3v) is 10.4. The highest BCUT2D eigenvalue weighted by Crippen LogP contribution is 2.72. The van der Waals surface area contributed by atoms with Gasteiger partial charge in [0.2, 0.25) is 0 Å². The molecular weight excluding hydrogens is 454 g/mol. The van der Waals surface area contributed by atoms with E-state index in [1.165, 1.54) is 0 Å². The number of aliphatic hydroxyl groups is 1. The van der Waals surface area contributed by atoms with E-state index in [4.69, 9.17) is 16.3 Å². The minimum atomic E-state index is -2.10. The molecule has 8 heteroatoms. The summed E-state index contributed by atoms with van der Waals surface area (Å²) < 4.78 is 38.8. The zero-order chi connectivity index (χ0) is 24.6. The Hall–Kier alpha value is -1.08. The van der Waals surface area contributed by atoms with Gasteiger partial charge in [-0.05, 0) is 31.6 Å². The van der Waals surface area contributed by atoms with Crippen LogP contribution in [0, 0.1) is 34.5 Å². The number of ketones is 2. The van der Waals surface area contributed by atoms with E-state index in [2.05, 4.69) is 0 Å². The van der Waals surface area contributed by atoms with Crippen molar-refractivity contribution < 1.29 is 33.0 Å². The van der Waals surface area contributed by atoms with E-state index in [1.807, 2.05) is 0 Å². The molecule has 0 amide bonds. The van der Waals surface area contributed by atoms with Gasteiger partial charge in [0.15, 0.2) is 11.4 Å². The van der Waals surface area contributed by atoms with Gasteiger partial charge in [-0.3, -0.25) is 14.4 Å². The molecule has 0 aromatic heterocycles. The summed E-state index contributed by atoms with van der Waals surface area (Å²) in [4.78, 5) is 37.9. The molecule has 0 aromatic rings. The first-order chi connectivity index (χ1) is 15.3. The molecule has 0 heterocycles. The number of carbonyl (C=O) groups excluding carboxylic acids is 3. The maximum absolute atomic E-state index is 17.3. The molecule has 0 bridgehead atoms. The van der Waals surface area contributed by atoms with Crippen LogP contribution in [0.3, 0.4) is 0 Å². The smallest absolute Gasteiger partial charge is 0.306 e. The van der Waals surface area contributed by atoms with Crippen molar-refractivity contribution in [2.24, 2.45) is 34.5 Å². The summed E-state index contributed by atoms with van der Waals surface area (Å²) in [5, 5.41) is 11.4. The standard InChI is InChI=1S/C25H35ClF2O5/c1-5-21(32)33-25(20(31)12-26)13(2)8-15-16-10-18(27)17-9-14(29)6-7-22(17,3)24(16,28)19(30)11-23(15,25)4/h13,15-19,30H,5-12H2,1-4H3/t13-,15-,16-,17-,18-,19-,22-,23-,24-,25-/m0/s1. The van der Waals surface area contributed by atoms with Crippen molar-refractivity contribution in [3.05, 3.63) is 0 Å². The molecule has 0 aromatic carbocycles. The maximum Gasteiger partial charge on any atom is 0.306 e. The van der Waals surface area contributed by atoms with Gasteiger partial charge in [-0.1, -0.05) is 27.7 Å². The average Bonchev–Trinajstić information content (AvgIpc) is 2.98. The summed E-state index contributed by atoms with van der Waals surface area (Å²) >= 11 is 5.99. The normalized spacial score (nSPS) is 51.3. The Morgan fingerprint density at radius 1 is 1.18 bits per heavy atom. The first-order valence-corrected chi connectivity index (χ1v) is 12.7. The number of halogens is 3. The van der Waals surface area contributed by atoms with Crippen molar-refractivity contribution in [1.29, 1.82) is 0 Å². The van der Waals surface area contributed by atoms with Gasteiger partial charge < -0.3 is 9.84 Å². The third-order valence-electron chi connectivity index (χ3n) is 10.2. The summed E-state index contributed by atoms with van der Waals surface area (Å²) in [6.07, 6.45) is -2.30. The number of rotatable bonds is 4. The van der Waals surface area contributed by atoms with Gasteiger partial charge in [0.25, 0.3) is 0 Å². The van der Waals surface area contributed by atoms with Crippen LogP contribution in [0.1, 0.15) is 72.6 Å². The molecule has 0 unspecified atom stereocenters. The molecule has 4 fully saturated rings. The molecule has 4 saturated carbocycles. The van der Waals surface area contributed by atoms with Gasteiger partial charge >= 0.3 is 5.97 Å². The highest BCUT2D eigenvalue weighted by molar-refractivity contribution is 6.29. The number of ether oxygens (including phenoxy) is 1. The Morgan fingerprint density at radius 3 is 2.45 bits per heavy atom. The number of esters is 1. The van der Waals surface area contributed by atoms with Crippen molar-refractivity contribution in [2.75, 3.05) is 5.88 Å². The van der Waals surface area contributed by atoms with E-state index in [9.17, 15) is 19.5 Å². The van der Waals surface area contributed by atoms with E-state index in [0.717, 1.165) is 0 Å². The Balaban J connectivity index is 1.84. The minimum Gasteiger partial charge on any atom is -0.450 e. The number of hydrogen-bond acceptors (Lipinski definition) is 5. The topological polar surface area (TPSA) is 80.7 Å². The largest absolute Gasteiger partial charge is 0.450 e. The van der Waals surface area contributed by atoms with Crippen molar-refractivity contribution in [3.63, 3.8) is 0 Å². The number of Topliss-reactive ketones (excluding diaryl/α,β-unsaturated/α-hetero) is 2. The molecule has 10 atom stereocenters. The summed E-state index contributed by atoms with van der Waals surface area (Å²) in [6.45, 7) is 6.87. The molecule has 0 aliphatic heterocycles. The molecule has 4 aliphatic carbocycles. The summed E-state index contributed by atoms with van der Waals surface area (Å²) in [5.41, 5.74) is -5.97. The number of fused-ring (bicyclic) bond motifs is 5. The third kappa shape index (κ3) is 3.00. The van der Waals surface area contributed by atoms with Crippen molar-refractivity contribution in [1.82, 2.24) is 0 Å². The quantitative estimate of drug-likeness (QED) is 0.470. The van der Waals surface area contributed by atoms with Crippen molar-refractivity contribution in [2.45, 2.75) is 96.2 Å². The number of aliphatic hydroxyl groups excluding tert-OH is 1. The molecule has 5 nitrogen and oxygen atoms in total. The van der Waals surface area contributed by atoms with Gasteiger partial charge in [-0.2, -0.15) is 0 Å². The fourth-order valence-electron chi connectivity index (χ4n) is 8.57. The second kappa shape index (κ2) is 7.97. The average molecular weight is 489 g/mol. The molecule has 4 aliphatic rings. The molecule has 33 heavy (non-hydrogen) atoms. The summed E-state index contributed by atoms with van der Waals surface area (Å²) in [6, 6.07) is 0. The highest BCUT2D eigenvalue weighted by Gasteiger charge is 2.78. The zero-order valence-electron chi connectivity index (χ0n) is 19.8. The number of alkyl halides is 3. The van der Waals surface area contributed by atoms with E-state index in [1.54, 1.807) is 27.7 Å². The van der Waals surface area contributed by atoms with Crippen LogP contribution >= 0.6 is 11.6 Å². The van der Waals surface area contributed by atoms with Gasteiger partial charge in [0, 0.05) is 47.8 Å². The van der Waals surface area contributed by atoms with Crippen molar-refractivity contribution >= 4 is 29.1 Å². The van der Waals surface area contributed by atoms with E-state index >= 15 is 8.78 Å². The minimum absolute atomic E-state index is 0.0100. The monoisotopic (exact) mass is 488 g/mol. The Kier molecular flexibility index (Phi) is 6.05. The Labute approximate surface area is 199 Å². The van der Waals surface area contributed by atoms with Crippen LogP contribution in [0.2, 0.25) is 0 Å². The van der Waals surface area contributed by atoms with Gasteiger partial charge in [0.1, 0.15) is 17.6 Å². The molecule has 1 N–H and O–H groups in total. The lowest BCUT2D eigenvalue weighted by molar-refractivity contribution is -0.267. The van der Waals surface area contributed by atoms with Crippen LogP contribution < -0.4 is 0 Å². The number of hydrogen-bond donors (Lipinski definition) is 1. The predicted molar refractivity (Wildman–Crippen MR) is 118 cm³/mol. The highest BCUT2D eigenvalue weighted by atomic mass is 35.5. The molecule has 4 rings (SSSR count). The van der Waals surface area contributed by atoms with E-state index < -0.39 is 69.8 Å². The molecular formula is C25H35ClF2O5. The lowest BCUT2D eigenvalue weighted by atomic mass is 9.41. The van der Waals surface area contributed by atoms with Gasteiger partial charge in [0.05, 0.1) is 12.0 Å². The molecule has 186 valence electrons. The molecule has 0 saturated heterocycles. The van der Waals surface area contributed by atoms with E-state index in [0.29, 0.717) is 6.42 Å². The second-order valence-corrected chi connectivity index (χ2v) is 11.7. The van der Waals surface area contributed by atoms with E-state index in [-0.39, 0.29) is 50.2 Å². The predicted octanol–water partition coefficient (Wildman–Crippen LogP) is 4.36. The van der Waals surface area contributed by atoms with Crippen LogP contribution in [0.5, 0.6) is 0 Å².